The van der Waals surface area contributed by atoms with Crippen molar-refractivity contribution in [1.82, 2.24) is 14.9 Å². The van der Waals surface area contributed by atoms with Crippen molar-refractivity contribution in [3.63, 3.8) is 0 Å². The Hall–Kier alpha value is -2.11. The van der Waals surface area contributed by atoms with Crippen LogP contribution in [-0.4, -0.2) is 20.8 Å². The van der Waals surface area contributed by atoms with Gasteiger partial charge in [0.05, 0.1) is 11.7 Å². The second-order valence-electron chi connectivity index (χ2n) is 6.42. The van der Waals surface area contributed by atoms with Crippen molar-refractivity contribution < 1.29 is 9.32 Å². The lowest BCUT2D eigenvalue weighted by Crippen LogP contribution is -2.18. The minimum Gasteiger partial charge on any atom is -0.360 e. The third-order valence-corrected chi connectivity index (χ3v) is 4.12. The molecule has 1 amide bonds. The molecule has 1 fully saturated rings. The number of rotatable bonds is 5. The number of carbonyl (C=O) groups is 1. The summed E-state index contributed by atoms with van der Waals surface area (Å²) in [7, 11) is 0. The third-order valence-electron chi connectivity index (χ3n) is 4.12. The van der Waals surface area contributed by atoms with Crippen LogP contribution in [0.25, 0.3) is 0 Å². The molecule has 0 aromatic carbocycles. The van der Waals surface area contributed by atoms with E-state index in [1.165, 1.54) is 12.8 Å². The Bertz CT molecular complexity index is 682. The molecule has 2 aromatic heterocycles. The van der Waals surface area contributed by atoms with E-state index in [1.807, 2.05) is 31.5 Å². The van der Waals surface area contributed by atoms with Crippen LogP contribution in [0.2, 0.25) is 0 Å². The second kappa shape index (κ2) is 5.59. The molecule has 0 bridgehead atoms. The molecule has 1 aliphatic rings. The molecule has 0 radical (unpaired) electrons. The number of nitrogens with one attached hydrogen (secondary N) is 1. The summed E-state index contributed by atoms with van der Waals surface area (Å²) in [4.78, 5) is 12.3. The summed E-state index contributed by atoms with van der Waals surface area (Å²) < 4.78 is 7.09. The second-order valence-corrected chi connectivity index (χ2v) is 6.42. The van der Waals surface area contributed by atoms with Gasteiger partial charge in [-0.15, -0.1) is 0 Å². The van der Waals surface area contributed by atoms with Crippen molar-refractivity contribution in [2.45, 2.75) is 52.5 Å². The number of carbonyl (C=O) groups excluding carboxylic acids is 1. The van der Waals surface area contributed by atoms with Gasteiger partial charge in [0, 0.05) is 18.1 Å². The predicted molar refractivity (Wildman–Crippen MR) is 82.9 cm³/mol. The Morgan fingerprint density at radius 2 is 2.09 bits per heavy atom. The number of nitrogens with zero attached hydrogens (tertiary/aromatic N) is 3. The Kier molecular flexibility index (Phi) is 3.76. The van der Waals surface area contributed by atoms with Gasteiger partial charge in [0.1, 0.15) is 11.6 Å². The van der Waals surface area contributed by atoms with E-state index in [9.17, 15) is 4.79 Å². The SMILES string of the molecule is Cc1cc(NC(=O)c2cc(C(C)C)on2)n(C(C)C2CC2)n1. The molecule has 2 heterocycles. The van der Waals surface area contributed by atoms with Crippen LogP contribution in [0, 0.1) is 12.8 Å². The molecule has 1 aliphatic carbocycles. The number of anilines is 1. The van der Waals surface area contributed by atoms with Crippen molar-refractivity contribution >= 4 is 11.7 Å². The van der Waals surface area contributed by atoms with Gasteiger partial charge in [-0.3, -0.25) is 4.79 Å². The molecule has 22 heavy (non-hydrogen) atoms. The minimum atomic E-state index is -0.264. The maximum absolute atomic E-state index is 12.3. The van der Waals surface area contributed by atoms with Crippen LogP contribution in [0.15, 0.2) is 16.7 Å². The number of hydrogen-bond acceptors (Lipinski definition) is 4. The van der Waals surface area contributed by atoms with Gasteiger partial charge in [-0.05, 0) is 32.6 Å². The van der Waals surface area contributed by atoms with E-state index in [0.29, 0.717) is 23.4 Å². The molecule has 6 nitrogen and oxygen atoms in total. The molecule has 1 saturated carbocycles. The molecule has 1 atom stereocenters. The maximum Gasteiger partial charge on any atom is 0.278 e. The first-order valence-corrected chi connectivity index (χ1v) is 7.80. The van der Waals surface area contributed by atoms with Crippen LogP contribution in [0.5, 0.6) is 0 Å². The normalized spacial score (nSPS) is 16.0. The summed E-state index contributed by atoms with van der Waals surface area (Å²) in [5.41, 5.74) is 1.19. The summed E-state index contributed by atoms with van der Waals surface area (Å²) in [6.45, 7) is 8.07. The lowest BCUT2D eigenvalue weighted by molar-refractivity contribution is 0.101. The highest BCUT2D eigenvalue weighted by molar-refractivity contribution is 6.02. The molecule has 2 aromatic rings. The van der Waals surface area contributed by atoms with Gasteiger partial charge in [-0.25, -0.2) is 4.68 Å². The maximum atomic E-state index is 12.3. The summed E-state index contributed by atoms with van der Waals surface area (Å²) in [5.74, 6) is 2.03. The number of hydrogen-bond donors (Lipinski definition) is 1. The average Bonchev–Trinajstić information content (AvgIpc) is 3.07. The summed E-state index contributed by atoms with van der Waals surface area (Å²) in [6, 6.07) is 3.88. The number of aryl methyl sites for hydroxylation is 1. The lowest BCUT2D eigenvalue weighted by Gasteiger charge is -2.14. The van der Waals surface area contributed by atoms with Gasteiger partial charge in [-0.1, -0.05) is 19.0 Å². The van der Waals surface area contributed by atoms with Crippen LogP contribution in [-0.2, 0) is 0 Å². The van der Waals surface area contributed by atoms with E-state index in [1.54, 1.807) is 6.07 Å². The van der Waals surface area contributed by atoms with Gasteiger partial charge in [0.2, 0.25) is 0 Å². The first-order valence-electron chi connectivity index (χ1n) is 7.80. The van der Waals surface area contributed by atoms with Crippen LogP contribution in [0.3, 0.4) is 0 Å². The van der Waals surface area contributed by atoms with Crippen LogP contribution < -0.4 is 5.32 Å². The van der Waals surface area contributed by atoms with E-state index in [-0.39, 0.29) is 11.8 Å². The molecule has 6 heteroatoms. The molecule has 0 spiro atoms. The topological polar surface area (TPSA) is 73.0 Å². The highest BCUT2D eigenvalue weighted by Gasteiger charge is 2.31. The number of aromatic nitrogens is 3. The fourth-order valence-corrected chi connectivity index (χ4v) is 2.55. The lowest BCUT2D eigenvalue weighted by atomic mass is 10.1. The van der Waals surface area contributed by atoms with E-state index < -0.39 is 0 Å². The van der Waals surface area contributed by atoms with Gasteiger partial charge in [-0.2, -0.15) is 5.10 Å². The highest BCUT2D eigenvalue weighted by Crippen LogP contribution is 2.40. The molecule has 1 unspecified atom stereocenters. The van der Waals surface area contributed by atoms with Crippen molar-refractivity contribution in [3.8, 4) is 0 Å². The Morgan fingerprint density at radius 3 is 2.68 bits per heavy atom. The zero-order valence-electron chi connectivity index (χ0n) is 13.5. The highest BCUT2D eigenvalue weighted by atomic mass is 16.5. The monoisotopic (exact) mass is 302 g/mol. The zero-order valence-corrected chi connectivity index (χ0v) is 13.5. The molecule has 118 valence electrons. The smallest absolute Gasteiger partial charge is 0.278 e. The predicted octanol–water partition coefficient (Wildman–Crippen LogP) is 3.53. The van der Waals surface area contributed by atoms with Gasteiger partial charge in [0.15, 0.2) is 5.69 Å². The molecule has 0 saturated heterocycles. The first-order chi connectivity index (χ1) is 10.5. The van der Waals surface area contributed by atoms with Crippen molar-refractivity contribution in [1.29, 1.82) is 0 Å². The fourth-order valence-electron chi connectivity index (χ4n) is 2.55. The van der Waals surface area contributed by atoms with Gasteiger partial charge < -0.3 is 9.84 Å². The van der Waals surface area contributed by atoms with Crippen LogP contribution in [0.1, 0.15) is 67.5 Å². The Morgan fingerprint density at radius 1 is 1.36 bits per heavy atom. The van der Waals surface area contributed by atoms with E-state index in [2.05, 4.69) is 22.5 Å². The molecular weight excluding hydrogens is 280 g/mol. The Labute approximate surface area is 129 Å². The van der Waals surface area contributed by atoms with Gasteiger partial charge in [0.25, 0.3) is 5.91 Å². The quantitative estimate of drug-likeness (QED) is 0.917. The average molecular weight is 302 g/mol. The zero-order chi connectivity index (χ0) is 15.9. The molecular formula is C16H22N4O2. The van der Waals surface area contributed by atoms with Crippen LogP contribution >= 0.6 is 0 Å². The summed E-state index contributed by atoms with van der Waals surface area (Å²) in [6.07, 6.45) is 2.46. The van der Waals surface area contributed by atoms with Gasteiger partial charge >= 0.3 is 0 Å². The largest absolute Gasteiger partial charge is 0.360 e. The molecule has 0 aliphatic heterocycles. The van der Waals surface area contributed by atoms with E-state index >= 15 is 0 Å². The standard InChI is InChI=1S/C16H22N4O2/c1-9(2)14-8-13(19-22-14)16(21)17-15-7-10(3)18-20(15)11(4)12-5-6-12/h7-9,11-12H,5-6H2,1-4H3,(H,17,21). The van der Waals surface area contributed by atoms with Crippen LogP contribution in [0.4, 0.5) is 5.82 Å². The van der Waals surface area contributed by atoms with Crippen molar-refractivity contribution in [2.24, 2.45) is 5.92 Å². The summed E-state index contributed by atoms with van der Waals surface area (Å²) in [5, 5.41) is 11.3. The minimum absolute atomic E-state index is 0.205. The van der Waals surface area contributed by atoms with E-state index in [0.717, 1.165) is 11.5 Å². The van der Waals surface area contributed by atoms with Crippen molar-refractivity contribution in [2.75, 3.05) is 5.32 Å². The summed E-state index contributed by atoms with van der Waals surface area (Å²) >= 11 is 0. The molecule has 1 N–H and O–H groups in total. The first kappa shape index (κ1) is 14.8. The fraction of sp³-hybridized carbons (Fsp3) is 0.562. The van der Waals surface area contributed by atoms with Crippen molar-refractivity contribution in [3.05, 3.63) is 29.3 Å². The third kappa shape index (κ3) is 2.91. The Balaban J connectivity index is 1.78. The number of amides is 1. The van der Waals surface area contributed by atoms with E-state index in [4.69, 9.17) is 4.52 Å². The molecule has 3 rings (SSSR count).